The molecular formula is C19H23N5O4S. The second-order valence-electron chi connectivity index (χ2n) is 6.38. The molecule has 9 nitrogen and oxygen atoms in total. The summed E-state index contributed by atoms with van der Waals surface area (Å²) < 4.78 is 12.3. The predicted octanol–water partition coefficient (Wildman–Crippen LogP) is 1.50. The first-order chi connectivity index (χ1) is 13.9. The molecule has 3 rings (SSSR count). The molecule has 0 spiro atoms. The van der Waals surface area contributed by atoms with Crippen LogP contribution < -0.4 is 20.3 Å². The molecule has 0 aliphatic carbocycles. The molecule has 0 fully saturated rings. The third kappa shape index (κ3) is 4.53. The number of thioether (sulfide) groups is 1. The monoisotopic (exact) mass is 417 g/mol. The molecule has 29 heavy (non-hydrogen) atoms. The number of ether oxygens (including phenoxy) is 2. The Morgan fingerprint density at radius 1 is 1.21 bits per heavy atom. The summed E-state index contributed by atoms with van der Waals surface area (Å²) in [5.74, 6) is 1.79. The van der Waals surface area contributed by atoms with Gasteiger partial charge in [-0.1, -0.05) is 17.8 Å². The number of nitrogens with zero attached hydrogens (tertiary/aromatic N) is 3. The molecule has 0 radical (unpaired) electrons. The molecule has 2 N–H and O–H groups in total. The van der Waals surface area contributed by atoms with E-state index in [0.29, 0.717) is 41.0 Å². The van der Waals surface area contributed by atoms with Crippen LogP contribution in [0.2, 0.25) is 0 Å². The number of H-pyrrole nitrogens is 1. The lowest BCUT2D eigenvalue weighted by atomic mass is 10.1. The quantitative estimate of drug-likeness (QED) is 0.535. The van der Waals surface area contributed by atoms with Crippen molar-refractivity contribution in [1.29, 1.82) is 0 Å². The number of aromatic nitrogens is 4. The number of rotatable bonds is 8. The van der Waals surface area contributed by atoms with Crippen molar-refractivity contribution in [3.8, 4) is 11.5 Å². The molecule has 0 atom stereocenters. The summed E-state index contributed by atoms with van der Waals surface area (Å²) in [5.41, 5.74) is 2.20. The Morgan fingerprint density at radius 2 is 1.97 bits per heavy atom. The van der Waals surface area contributed by atoms with Gasteiger partial charge in [-0.15, -0.1) is 10.2 Å². The highest BCUT2D eigenvalue weighted by Gasteiger charge is 2.14. The molecular weight excluding hydrogens is 394 g/mol. The van der Waals surface area contributed by atoms with Crippen LogP contribution in [0.4, 0.5) is 0 Å². The summed E-state index contributed by atoms with van der Waals surface area (Å²) in [6, 6.07) is 5.68. The minimum Gasteiger partial charge on any atom is -0.493 e. The summed E-state index contributed by atoms with van der Waals surface area (Å²) in [4.78, 5) is 26.7. The molecule has 0 unspecified atom stereocenters. The molecule has 1 aromatic carbocycles. The highest BCUT2D eigenvalue weighted by Crippen LogP contribution is 2.27. The first-order valence-electron chi connectivity index (χ1n) is 8.99. The van der Waals surface area contributed by atoms with Crippen LogP contribution >= 0.6 is 11.8 Å². The Balaban J connectivity index is 1.55. The number of hydrogen-bond donors (Lipinski definition) is 2. The molecule has 2 aromatic heterocycles. The Labute approximate surface area is 171 Å². The highest BCUT2D eigenvalue weighted by molar-refractivity contribution is 7.99. The van der Waals surface area contributed by atoms with Gasteiger partial charge in [0.15, 0.2) is 16.7 Å². The van der Waals surface area contributed by atoms with Crippen molar-refractivity contribution in [1.82, 2.24) is 24.9 Å². The molecule has 154 valence electrons. The molecule has 0 saturated heterocycles. The Bertz CT molecular complexity index is 1090. The Hall–Kier alpha value is -3.01. The van der Waals surface area contributed by atoms with Crippen LogP contribution in [0.15, 0.2) is 28.2 Å². The fourth-order valence-electron chi connectivity index (χ4n) is 2.84. The van der Waals surface area contributed by atoms with Crippen molar-refractivity contribution in [2.24, 2.45) is 0 Å². The average Bonchev–Trinajstić information content (AvgIpc) is 3.13. The van der Waals surface area contributed by atoms with Crippen LogP contribution in [0.5, 0.6) is 11.5 Å². The van der Waals surface area contributed by atoms with Gasteiger partial charge in [0.1, 0.15) is 0 Å². The van der Waals surface area contributed by atoms with E-state index in [-0.39, 0.29) is 17.2 Å². The Morgan fingerprint density at radius 3 is 2.69 bits per heavy atom. The van der Waals surface area contributed by atoms with Crippen molar-refractivity contribution >= 4 is 23.4 Å². The first-order valence-corrected chi connectivity index (χ1v) is 9.98. The van der Waals surface area contributed by atoms with Crippen LogP contribution in [0, 0.1) is 13.8 Å². The van der Waals surface area contributed by atoms with Gasteiger partial charge in [0, 0.05) is 17.8 Å². The molecule has 0 aliphatic heterocycles. The van der Waals surface area contributed by atoms with Crippen molar-refractivity contribution in [2.75, 3.05) is 26.5 Å². The number of methoxy groups -OCH3 is 2. The van der Waals surface area contributed by atoms with E-state index in [0.717, 1.165) is 11.3 Å². The van der Waals surface area contributed by atoms with E-state index >= 15 is 0 Å². The third-order valence-corrected chi connectivity index (χ3v) is 5.52. The summed E-state index contributed by atoms with van der Waals surface area (Å²) >= 11 is 1.27. The van der Waals surface area contributed by atoms with Gasteiger partial charge in [0.2, 0.25) is 11.7 Å². The summed E-state index contributed by atoms with van der Waals surface area (Å²) in [7, 11) is 3.18. The molecule has 1 amide bonds. The molecule has 2 heterocycles. The van der Waals surface area contributed by atoms with Gasteiger partial charge in [0.05, 0.1) is 20.0 Å². The number of carbonyl (C=O) groups is 1. The zero-order valence-corrected chi connectivity index (χ0v) is 17.6. The molecule has 10 heteroatoms. The second-order valence-corrected chi connectivity index (χ2v) is 7.33. The number of fused-ring (bicyclic) bond motifs is 1. The van der Waals surface area contributed by atoms with Gasteiger partial charge in [-0.2, -0.15) is 0 Å². The Kier molecular flexibility index (Phi) is 6.42. The second kappa shape index (κ2) is 8.99. The maximum absolute atomic E-state index is 12.2. The van der Waals surface area contributed by atoms with E-state index in [4.69, 9.17) is 9.47 Å². The summed E-state index contributed by atoms with van der Waals surface area (Å²) in [6.07, 6.45) is 0.671. The van der Waals surface area contributed by atoms with Gasteiger partial charge in [-0.3, -0.25) is 19.0 Å². The van der Waals surface area contributed by atoms with E-state index in [1.165, 1.54) is 11.8 Å². The number of nitrogens with one attached hydrogen (secondary N) is 2. The van der Waals surface area contributed by atoms with Crippen LogP contribution in [0.1, 0.15) is 16.8 Å². The number of benzene rings is 1. The maximum Gasteiger partial charge on any atom is 0.255 e. The minimum absolute atomic E-state index is 0.106. The zero-order valence-electron chi connectivity index (χ0n) is 16.7. The predicted molar refractivity (Wildman–Crippen MR) is 110 cm³/mol. The standard InChI is InChI=1S/C19H23N5O4S/c1-11-12(2)24-18(21-17(11)26)22-23-19(24)29-10-16(25)20-8-7-13-5-6-14(27-3)15(9-13)28-4/h5-6,9H,7-8,10H2,1-4H3,(H,20,25)(H,21,22,26). The summed E-state index contributed by atoms with van der Waals surface area (Å²) in [6.45, 7) is 4.07. The highest BCUT2D eigenvalue weighted by atomic mass is 32.2. The molecule has 0 aliphatic rings. The number of carbonyl (C=O) groups excluding carboxylic acids is 1. The van der Waals surface area contributed by atoms with E-state index < -0.39 is 0 Å². The number of hydrogen-bond acceptors (Lipinski definition) is 7. The van der Waals surface area contributed by atoms with E-state index in [1.807, 2.05) is 25.1 Å². The van der Waals surface area contributed by atoms with Crippen LogP contribution in [0.3, 0.4) is 0 Å². The topological polar surface area (TPSA) is 111 Å². The third-order valence-electron chi connectivity index (χ3n) is 4.59. The SMILES string of the molecule is COc1ccc(CCNC(=O)CSc2nnc3[nH]c(=O)c(C)c(C)n23)cc1OC. The largest absolute Gasteiger partial charge is 0.493 e. The van der Waals surface area contributed by atoms with E-state index in [1.54, 1.807) is 25.5 Å². The van der Waals surface area contributed by atoms with Crippen LogP contribution in [-0.2, 0) is 11.2 Å². The fraction of sp³-hybridized carbons (Fsp3) is 0.368. The maximum atomic E-state index is 12.2. The lowest BCUT2D eigenvalue weighted by Gasteiger charge is -2.10. The lowest BCUT2D eigenvalue weighted by molar-refractivity contribution is -0.118. The van der Waals surface area contributed by atoms with Crippen LogP contribution in [-0.4, -0.2) is 52.0 Å². The van der Waals surface area contributed by atoms with Gasteiger partial charge in [-0.25, -0.2) is 0 Å². The molecule has 0 saturated carbocycles. The average molecular weight is 417 g/mol. The normalized spacial score (nSPS) is 10.9. The van der Waals surface area contributed by atoms with Crippen molar-refractivity contribution in [2.45, 2.75) is 25.4 Å². The lowest BCUT2D eigenvalue weighted by Crippen LogP contribution is -2.27. The molecule has 0 bridgehead atoms. The van der Waals surface area contributed by atoms with Gasteiger partial charge < -0.3 is 14.8 Å². The van der Waals surface area contributed by atoms with Gasteiger partial charge in [0.25, 0.3) is 5.56 Å². The fourth-order valence-corrected chi connectivity index (χ4v) is 3.65. The minimum atomic E-state index is -0.188. The zero-order chi connectivity index (χ0) is 21.0. The first kappa shape index (κ1) is 20.7. The van der Waals surface area contributed by atoms with Crippen molar-refractivity contribution < 1.29 is 14.3 Å². The number of amides is 1. The van der Waals surface area contributed by atoms with E-state index in [2.05, 4.69) is 20.5 Å². The van der Waals surface area contributed by atoms with Gasteiger partial charge >= 0.3 is 0 Å². The van der Waals surface area contributed by atoms with E-state index in [9.17, 15) is 9.59 Å². The molecule has 3 aromatic rings. The van der Waals surface area contributed by atoms with Crippen molar-refractivity contribution in [3.05, 3.63) is 45.4 Å². The number of aromatic amines is 1. The van der Waals surface area contributed by atoms with Crippen molar-refractivity contribution in [3.63, 3.8) is 0 Å². The smallest absolute Gasteiger partial charge is 0.255 e. The number of aryl methyl sites for hydroxylation is 1. The van der Waals surface area contributed by atoms with Gasteiger partial charge in [-0.05, 0) is 38.0 Å². The van der Waals surface area contributed by atoms with Crippen LogP contribution in [0.25, 0.3) is 5.78 Å². The summed E-state index contributed by atoms with van der Waals surface area (Å²) in [5, 5.41) is 11.5.